The summed E-state index contributed by atoms with van der Waals surface area (Å²) >= 11 is 0. The summed E-state index contributed by atoms with van der Waals surface area (Å²) in [5.41, 5.74) is 0.469. The molecule has 1 fully saturated rings. The molecule has 1 aliphatic rings. The second-order valence-electron chi connectivity index (χ2n) is 4.70. The molecule has 102 valence electrons. The highest BCUT2D eigenvalue weighted by Gasteiger charge is 2.26. The van der Waals surface area contributed by atoms with Gasteiger partial charge in [-0.15, -0.1) is 0 Å². The molecule has 1 saturated heterocycles. The van der Waals surface area contributed by atoms with Gasteiger partial charge in [0, 0.05) is 18.8 Å². The molecular weight excluding hydrogens is 246 g/mol. The van der Waals surface area contributed by atoms with Gasteiger partial charge in [0.25, 0.3) is 5.91 Å². The van der Waals surface area contributed by atoms with Gasteiger partial charge >= 0.3 is 5.97 Å². The van der Waals surface area contributed by atoms with Crippen LogP contribution in [0.2, 0.25) is 0 Å². The summed E-state index contributed by atoms with van der Waals surface area (Å²) in [5, 5.41) is 11.7. The normalized spacial score (nSPS) is 19.9. The first-order valence-corrected chi connectivity index (χ1v) is 6.33. The number of aliphatic carboxylic acids is 1. The summed E-state index contributed by atoms with van der Waals surface area (Å²) in [6.45, 7) is 1.24. The van der Waals surface area contributed by atoms with Crippen LogP contribution in [0.5, 0.6) is 0 Å². The van der Waals surface area contributed by atoms with Crippen LogP contribution in [0.4, 0.5) is 0 Å². The van der Waals surface area contributed by atoms with E-state index >= 15 is 0 Å². The van der Waals surface area contributed by atoms with Crippen molar-refractivity contribution in [2.75, 3.05) is 13.2 Å². The fraction of sp³-hybridized carbons (Fsp3) is 0.429. The zero-order chi connectivity index (χ0) is 13.7. The van der Waals surface area contributed by atoms with Gasteiger partial charge in [-0.1, -0.05) is 18.2 Å². The Morgan fingerprint density at radius 1 is 1.37 bits per heavy atom. The third-order valence-corrected chi connectivity index (χ3v) is 3.23. The molecule has 19 heavy (non-hydrogen) atoms. The minimum absolute atomic E-state index is 0.206. The third kappa shape index (κ3) is 3.79. The van der Waals surface area contributed by atoms with Crippen LogP contribution in [0.15, 0.2) is 30.3 Å². The highest BCUT2D eigenvalue weighted by atomic mass is 16.5. The maximum atomic E-state index is 11.9. The third-order valence-electron chi connectivity index (χ3n) is 3.23. The van der Waals surface area contributed by atoms with E-state index in [1.165, 1.54) is 0 Å². The molecule has 0 aromatic heterocycles. The molecule has 2 N–H and O–H groups in total. The van der Waals surface area contributed by atoms with Crippen molar-refractivity contribution in [3.8, 4) is 0 Å². The molecule has 2 rings (SSSR count). The molecule has 0 aliphatic carbocycles. The average molecular weight is 263 g/mol. The van der Waals surface area contributed by atoms with Crippen molar-refractivity contribution in [3.05, 3.63) is 35.9 Å². The van der Waals surface area contributed by atoms with Crippen LogP contribution in [-0.4, -0.2) is 36.2 Å². The fourth-order valence-electron chi connectivity index (χ4n) is 2.16. The van der Waals surface area contributed by atoms with Crippen molar-refractivity contribution in [1.29, 1.82) is 0 Å². The molecule has 1 aromatic rings. The lowest BCUT2D eigenvalue weighted by Gasteiger charge is -2.17. The predicted octanol–water partition coefficient (Wildman–Crippen LogP) is 1.30. The van der Waals surface area contributed by atoms with Crippen LogP contribution >= 0.6 is 0 Å². The molecule has 0 spiro atoms. The summed E-state index contributed by atoms with van der Waals surface area (Å²) in [5.74, 6) is -1.15. The van der Waals surface area contributed by atoms with E-state index < -0.39 is 12.0 Å². The lowest BCUT2D eigenvalue weighted by molar-refractivity contribution is -0.139. The number of benzene rings is 1. The van der Waals surface area contributed by atoms with Crippen LogP contribution in [0, 0.1) is 5.92 Å². The first-order valence-electron chi connectivity index (χ1n) is 6.33. The Morgan fingerprint density at radius 3 is 2.68 bits per heavy atom. The lowest BCUT2D eigenvalue weighted by Crippen LogP contribution is -2.42. The molecule has 1 aliphatic heterocycles. The van der Waals surface area contributed by atoms with E-state index in [2.05, 4.69) is 5.32 Å². The maximum Gasteiger partial charge on any atom is 0.326 e. The first kappa shape index (κ1) is 13.5. The number of hydrogen-bond donors (Lipinski definition) is 2. The summed E-state index contributed by atoms with van der Waals surface area (Å²) in [7, 11) is 0. The summed E-state index contributed by atoms with van der Waals surface area (Å²) in [6, 6.07) is 7.76. The summed E-state index contributed by atoms with van der Waals surface area (Å²) in [6.07, 6.45) is 1.26. The van der Waals surface area contributed by atoms with E-state index in [1.807, 2.05) is 0 Å². The highest BCUT2D eigenvalue weighted by Crippen LogP contribution is 2.18. The van der Waals surface area contributed by atoms with Crippen LogP contribution < -0.4 is 5.32 Å². The van der Waals surface area contributed by atoms with E-state index in [-0.39, 0.29) is 11.8 Å². The molecule has 0 radical (unpaired) electrons. The molecule has 2 unspecified atom stereocenters. The van der Waals surface area contributed by atoms with E-state index in [1.54, 1.807) is 30.3 Å². The zero-order valence-corrected chi connectivity index (χ0v) is 10.5. The van der Waals surface area contributed by atoms with Crippen LogP contribution in [0.1, 0.15) is 23.2 Å². The van der Waals surface area contributed by atoms with Crippen molar-refractivity contribution >= 4 is 11.9 Å². The minimum atomic E-state index is -1.00. The number of hydrogen-bond acceptors (Lipinski definition) is 3. The van der Waals surface area contributed by atoms with E-state index in [0.717, 1.165) is 6.42 Å². The molecule has 5 nitrogen and oxygen atoms in total. The van der Waals surface area contributed by atoms with E-state index in [9.17, 15) is 14.7 Å². The highest BCUT2D eigenvalue weighted by molar-refractivity contribution is 5.96. The number of rotatable bonds is 5. The van der Waals surface area contributed by atoms with Gasteiger partial charge in [-0.05, 0) is 30.9 Å². The van der Waals surface area contributed by atoms with Crippen LogP contribution in [0.25, 0.3) is 0 Å². The predicted molar refractivity (Wildman–Crippen MR) is 68.9 cm³/mol. The van der Waals surface area contributed by atoms with Gasteiger partial charge in [0.1, 0.15) is 6.04 Å². The summed E-state index contributed by atoms with van der Waals surface area (Å²) in [4.78, 5) is 23.1. The van der Waals surface area contributed by atoms with Crippen molar-refractivity contribution in [3.63, 3.8) is 0 Å². The van der Waals surface area contributed by atoms with Gasteiger partial charge in [-0.2, -0.15) is 0 Å². The molecule has 0 bridgehead atoms. The zero-order valence-electron chi connectivity index (χ0n) is 10.5. The Hall–Kier alpha value is -1.88. The quantitative estimate of drug-likeness (QED) is 0.839. The fourth-order valence-corrected chi connectivity index (χ4v) is 2.16. The monoisotopic (exact) mass is 263 g/mol. The van der Waals surface area contributed by atoms with Gasteiger partial charge in [0.2, 0.25) is 0 Å². The Bertz CT molecular complexity index is 440. The molecule has 2 atom stereocenters. The van der Waals surface area contributed by atoms with Gasteiger partial charge in [-0.3, -0.25) is 4.79 Å². The average Bonchev–Trinajstić information content (AvgIpc) is 2.91. The van der Waals surface area contributed by atoms with Gasteiger partial charge in [-0.25, -0.2) is 4.79 Å². The number of ether oxygens (including phenoxy) is 1. The summed E-state index contributed by atoms with van der Waals surface area (Å²) < 4.78 is 5.22. The van der Waals surface area contributed by atoms with Crippen molar-refractivity contribution in [2.45, 2.75) is 18.9 Å². The molecular formula is C14H17NO4. The second-order valence-corrected chi connectivity index (χ2v) is 4.70. The van der Waals surface area contributed by atoms with Gasteiger partial charge in [0.05, 0.1) is 0 Å². The van der Waals surface area contributed by atoms with Gasteiger partial charge < -0.3 is 15.2 Å². The molecule has 5 heteroatoms. The van der Waals surface area contributed by atoms with E-state index in [4.69, 9.17) is 4.74 Å². The van der Waals surface area contributed by atoms with Crippen LogP contribution in [0.3, 0.4) is 0 Å². The number of carboxylic acids is 1. The smallest absolute Gasteiger partial charge is 0.326 e. The molecule has 1 aromatic carbocycles. The van der Waals surface area contributed by atoms with Gasteiger partial charge in [0.15, 0.2) is 0 Å². The van der Waals surface area contributed by atoms with Crippen molar-refractivity contribution < 1.29 is 19.4 Å². The Kier molecular flexibility index (Phi) is 4.52. The lowest BCUT2D eigenvalue weighted by atomic mass is 9.99. The standard InChI is InChI=1S/C14H17NO4/c16-13(11-4-2-1-3-5-11)15-12(14(17)18)8-10-6-7-19-9-10/h1-5,10,12H,6-9H2,(H,15,16)(H,17,18). The van der Waals surface area contributed by atoms with Crippen LogP contribution in [-0.2, 0) is 9.53 Å². The molecule has 1 amide bonds. The van der Waals surface area contributed by atoms with Crippen molar-refractivity contribution in [1.82, 2.24) is 5.32 Å². The topological polar surface area (TPSA) is 75.6 Å². The first-order chi connectivity index (χ1) is 9.16. The number of nitrogens with one attached hydrogen (secondary N) is 1. The minimum Gasteiger partial charge on any atom is -0.480 e. The Balaban J connectivity index is 1.96. The Labute approximate surface area is 111 Å². The number of carbonyl (C=O) groups is 2. The number of carboxylic acid groups (broad SMARTS) is 1. The molecule has 1 heterocycles. The van der Waals surface area contributed by atoms with Crippen molar-refractivity contribution in [2.24, 2.45) is 5.92 Å². The maximum absolute atomic E-state index is 11.9. The molecule has 0 saturated carbocycles. The number of carbonyl (C=O) groups excluding carboxylic acids is 1. The second kappa shape index (κ2) is 6.33. The van der Waals surface area contributed by atoms with E-state index in [0.29, 0.717) is 25.2 Å². The Morgan fingerprint density at radius 2 is 2.11 bits per heavy atom. The largest absolute Gasteiger partial charge is 0.480 e. The number of amides is 1. The SMILES string of the molecule is O=C(NC(CC1CCOC1)C(=O)O)c1ccccc1.